The monoisotopic (exact) mass is 286 g/mol. The van der Waals surface area contributed by atoms with Gasteiger partial charge < -0.3 is 5.11 Å². The van der Waals surface area contributed by atoms with Gasteiger partial charge in [-0.15, -0.1) is 0 Å². The largest absolute Gasteiger partial charge is 0.389 e. The number of allylic oxidation sites excluding steroid dienone is 3. The first-order chi connectivity index (χ1) is 10.1. The lowest BCUT2D eigenvalue weighted by atomic mass is 9.63. The number of fused-ring (bicyclic) bond motifs is 4. The van der Waals surface area contributed by atoms with Crippen molar-refractivity contribution in [1.29, 1.82) is 0 Å². The van der Waals surface area contributed by atoms with Crippen LogP contribution in [0.3, 0.4) is 0 Å². The van der Waals surface area contributed by atoms with Crippen molar-refractivity contribution in [2.75, 3.05) is 0 Å². The van der Waals surface area contributed by atoms with Crippen LogP contribution in [0.25, 0.3) is 0 Å². The third-order valence-corrected chi connectivity index (χ3v) is 6.86. The summed E-state index contributed by atoms with van der Waals surface area (Å²) in [4.78, 5) is 12.3. The van der Waals surface area contributed by atoms with Crippen LogP contribution in [0.2, 0.25) is 0 Å². The fourth-order valence-corrected chi connectivity index (χ4v) is 5.52. The van der Waals surface area contributed by atoms with Gasteiger partial charge in [-0.25, -0.2) is 0 Å². The highest BCUT2D eigenvalue weighted by Gasteiger charge is 2.51. The summed E-state index contributed by atoms with van der Waals surface area (Å²) in [5.74, 6) is 2.17. The van der Waals surface area contributed by atoms with E-state index in [4.69, 9.17) is 0 Å². The van der Waals surface area contributed by atoms with Crippen molar-refractivity contribution in [2.45, 2.75) is 64.4 Å². The second-order valence-electron chi connectivity index (χ2n) is 7.87. The Morgan fingerprint density at radius 3 is 2.90 bits per heavy atom. The average molecular weight is 286 g/mol. The van der Waals surface area contributed by atoms with Crippen LogP contribution in [0.15, 0.2) is 23.3 Å². The normalized spacial score (nSPS) is 45.9. The molecule has 4 aliphatic rings. The molecule has 0 heterocycles. The Kier molecular flexibility index (Phi) is 3.15. The maximum Gasteiger partial charge on any atom is 0.139 e. The van der Waals surface area contributed by atoms with E-state index in [9.17, 15) is 9.90 Å². The minimum atomic E-state index is -0.220. The lowest BCUT2D eigenvalue weighted by Gasteiger charge is -2.39. The Bertz CT molecular complexity index is 530. The van der Waals surface area contributed by atoms with E-state index in [-0.39, 0.29) is 11.5 Å². The second-order valence-corrected chi connectivity index (χ2v) is 7.87. The highest BCUT2D eigenvalue weighted by molar-refractivity contribution is 5.87. The predicted octanol–water partition coefficient (Wildman–Crippen LogP) is 3.80. The van der Waals surface area contributed by atoms with Gasteiger partial charge in [-0.2, -0.15) is 0 Å². The molecule has 4 aliphatic carbocycles. The molecule has 0 aromatic heterocycles. The van der Waals surface area contributed by atoms with E-state index in [1.54, 1.807) is 0 Å². The number of aliphatic hydroxyl groups excluding tert-OH is 1. The van der Waals surface area contributed by atoms with Gasteiger partial charge in [-0.05, 0) is 73.8 Å². The van der Waals surface area contributed by atoms with Gasteiger partial charge in [-0.3, -0.25) is 4.79 Å². The standard InChI is InChI=1S/C19H26O2/c1-19-10-9-13-11-15-12(3-2-4-17(15)20)5-6-14(13)16(19)7-8-18(19)21/h9,11-12,14,16-17,20H,2-8,10H2,1H3. The molecule has 2 nitrogen and oxygen atoms in total. The molecule has 0 radical (unpaired) electrons. The number of hydrogen-bond donors (Lipinski definition) is 1. The zero-order valence-electron chi connectivity index (χ0n) is 13.0. The Morgan fingerprint density at radius 2 is 2.05 bits per heavy atom. The van der Waals surface area contributed by atoms with E-state index in [1.165, 1.54) is 30.4 Å². The zero-order valence-corrected chi connectivity index (χ0v) is 13.0. The molecule has 4 rings (SSSR count). The molecule has 5 unspecified atom stereocenters. The van der Waals surface area contributed by atoms with Crippen molar-refractivity contribution in [1.82, 2.24) is 0 Å². The highest BCUT2D eigenvalue weighted by atomic mass is 16.3. The maximum absolute atomic E-state index is 12.3. The van der Waals surface area contributed by atoms with E-state index in [0.717, 1.165) is 32.1 Å². The summed E-state index contributed by atoms with van der Waals surface area (Å²) in [7, 11) is 0. The summed E-state index contributed by atoms with van der Waals surface area (Å²) in [5, 5.41) is 10.4. The SMILES string of the molecule is CC12CC=C3C=C4C(O)CCCC4CCC3C1CCC2=O. The molecule has 2 heteroatoms. The van der Waals surface area contributed by atoms with Gasteiger partial charge >= 0.3 is 0 Å². The van der Waals surface area contributed by atoms with E-state index >= 15 is 0 Å². The minimum absolute atomic E-state index is 0.0964. The van der Waals surface area contributed by atoms with Crippen LogP contribution < -0.4 is 0 Å². The molecule has 2 fully saturated rings. The van der Waals surface area contributed by atoms with Gasteiger partial charge in [0.25, 0.3) is 0 Å². The predicted molar refractivity (Wildman–Crippen MR) is 82.7 cm³/mol. The van der Waals surface area contributed by atoms with Gasteiger partial charge in [0.15, 0.2) is 0 Å². The molecule has 1 N–H and O–H groups in total. The molecule has 0 bridgehead atoms. The van der Waals surface area contributed by atoms with E-state index < -0.39 is 0 Å². The molecule has 0 saturated heterocycles. The summed E-state index contributed by atoms with van der Waals surface area (Å²) in [6, 6.07) is 0. The second kappa shape index (κ2) is 4.81. The van der Waals surface area contributed by atoms with Gasteiger partial charge in [-0.1, -0.05) is 19.1 Å². The first-order valence-corrected chi connectivity index (χ1v) is 8.72. The summed E-state index contributed by atoms with van der Waals surface area (Å²) in [6.07, 6.45) is 12.9. The van der Waals surface area contributed by atoms with Gasteiger partial charge in [0.05, 0.1) is 6.10 Å². The van der Waals surface area contributed by atoms with Crippen LogP contribution in [0.5, 0.6) is 0 Å². The molecule has 0 aromatic rings. The Morgan fingerprint density at radius 1 is 1.19 bits per heavy atom. The van der Waals surface area contributed by atoms with Crippen molar-refractivity contribution in [3.63, 3.8) is 0 Å². The van der Waals surface area contributed by atoms with Gasteiger partial charge in [0.1, 0.15) is 5.78 Å². The maximum atomic E-state index is 12.3. The molecule has 0 aliphatic heterocycles. The van der Waals surface area contributed by atoms with E-state index in [1.807, 2.05) is 0 Å². The number of ketones is 1. The molecule has 0 spiro atoms. The molecule has 114 valence electrons. The van der Waals surface area contributed by atoms with Crippen LogP contribution in [0.4, 0.5) is 0 Å². The Labute approximate surface area is 127 Å². The molecular weight excluding hydrogens is 260 g/mol. The quantitative estimate of drug-likeness (QED) is 0.735. The fraction of sp³-hybridized carbons (Fsp3) is 0.737. The molecule has 5 atom stereocenters. The molecule has 2 saturated carbocycles. The van der Waals surface area contributed by atoms with Crippen molar-refractivity contribution in [3.8, 4) is 0 Å². The van der Waals surface area contributed by atoms with Crippen molar-refractivity contribution < 1.29 is 9.90 Å². The lowest BCUT2D eigenvalue weighted by Crippen LogP contribution is -2.36. The molecular formula is C19H26O2. The summed E-state index contributed by atoms with van der Waals surface area (Å²) < 4.78 is 0. The number of Topliss-reactive ketones (excluding diaryl/α,β-unsaturated/α-hetero) is 1. The average Bonchev–Trinajstić information content (AvgIpc) is 2.67. The molecule has 0 aromatic carbocycles. The zero-order chi connectivity index (χ0) is 14.6. The number of carbonyl (C=O) groups excluding carboxylic acids is 1. The van der Waals surface area contributed by atoms with Gasteiger partial charge in [0.2, 0.25) is 0 Å². The van der Waals surface area contributed by atoms with Crippen LogP contribution in [0.1, 0.15) is 58.3 Å². The summed E-state index contributed by atoms with van der Waals surface area (Å²) in [6.45, 7) is 2.19. The number of carbonyl (C=O) groups is 1. The smallest absolute Gasteiger partial charge is 0.139 e. The first-order valence-electron chi connectivity index (χ1n) is 8.72. The van der Waals surface area contributed by atoms with Crippen molar-refractivity contribution in [2.24, 2.45) is 23.2 Å². The summed E-state index contributed by atoms with van der Waals surface area (Å²) >= 11 is 0. The van der Waals surface area contributed by atoms with Crippen molar-refractivity contribution in [3.05, 3.63) is 23.3 Å². The molecule has 21 heavy (non-hydrogen) atoms. The van der Waals surface area contributed by atoms with Crippen LogP contribution in [-0.2, 0) is 4.79 Å². The number of rotatable bonds is 0. The number of hydrogen-bond acceptors (Lipinski definition) is 2. The highest BCUT2D eigenvalue weighted by Crippen LogP contribution is 2.55. The van der Waals surface area contributed by atoms with E-state index in [2.05, 4.69) is 19.1 Å². The minimum Gasteiger partial charge on any atom is -0.389 e. The lowest BCUT2D eigenvalue weighted by molar-refractivity contribution is -0.127. The third-order valence-electron chi connectivity index (χ3n) is 6.86. The van der Waals surface area contributed by atoms with Crippen molar-refractivity contribution >= 4 is 5.78 Å². The Balaban J connectivity index is 1.71. The molecule has 0 amide bonds. The first kappa shape index (κ1) is 13.8. The van der Waals surface area contributed by atoms with E-state index in [0.29, 0.717) is 23.5 Å². The summed E-state index contributed by atoms with van der Waals surface area (Å²) in [5.41, 5.74) is 2.63. The van der Waals surface area contributed by atoms with Gasteiger partial charge in [0, 0.05) is 11.8 Å². The van der Waals surface area contributed by atoms with Crippen LogP contribution >= 0.6 is 0 Å². The topological polar surface area (TPSA) is 37.3 Å². The van der Waals surface area contributed by atoms with Crippen LogP contribution in [0, 0.1) is 23.2 Å². The fourth-order valence-electron chi connectivity index (χ4n) is 5.52. The Hall–Kier alpha value is -0.890. The van der Waals surface area contributed by atoms with Crippen LogP contribution in [-0.4, -0.2) is 17.0 Å². The number of aliphatic hydroxyl groups is 1. The third kappa shape index (κ3) is 1.98.